The normalized spacial score (nSPS) is 12.2. The van der Waals surface area contributed by atoms with Gasteiger partial charge in [0.25, 0.3) is 5.91 Å². The zero-order valence-electron chi connectivity index (χ0n) is 10.9. The topological polar surface area (TPSA) is 64.3 Å². The Morgan fingerprint density at radius 2 is 2.22 bits per heavy atom. The smallest absolute Gasteiger partial charge is 0.254 e. The molecule has 0 fully saturated rings. The van der Waals surface area contributed by atoms with Crippen molar-refractivity contribution in [3.63, 3.8) is 0 Å². The molecule has 1 amide bonds. The molecule has 0 radical (unpaired) electrons. The molecule has 4 nitrogen and oxygen atoms in total. The molecule has 1 unspecified atom stereocenters. The monoisotopic (exact) mass is 254 g/mol. The molecule has 1 atom stereocenters. The molecule has 5 heteroatoms. The average molecular weight is 254 g/mol. The van der Waals surface area contributed by atoms with Gasteiger partial charge in [0, 0.05) is 25.4 Å². The van der Waals surface area contributed by atoms with Gasteiger partial charge in [-0.2, -0.15) is 0 Å². The molecular formula is C13H19FN2O2. The lowest BCUT2D eigenvalue weighted by molar-refractivity contribution is 0.0925. The number of aryl methyl sites for hydroxylation is 1. The fourth-order valence-corrected chi connectivity index (χ4v) is 1.63. The van der Waals surface area contributed by atoms with Crippen LogP contribution in [0.2, 0.25) is 0 Å². The summed E-state index contributed by atoms with van der Waals surface area (Å²) in [7, 11) is 1.59. The number of methoxy groups -OCH3 is 1. The Hall–Kier alpha value is -1.62. The van der Waals surface area contributed by atoms with Gasteiger partial charge >= 0.3 is 0 Å². The highest BCUT2D eigenvalue weighted by Gasteiger charge is 2.16. The largest absolute Gasteiger partial charge is 0.399 e. The summed E-state index contributed by atoms with van der Waals surface area (Å²) in [4.78, 5) is 11.9. The molecule has 0 aliphatic heterocycles. The molecule has 0 bridgehead atoms. The van der Waals surface area contributed by atoms with Crippen LogP contribution in [-0.2, 0) is 4.74 Å². The van der Waals surface area contributed by atoms with Gasteiger partial charge in [0.1, 0.15) is 5.82 Å². The first-order valence-corrected chi connectivity index (χ1v) is 5.81. The molecule has 3 N–H and O–H groups in total. The average Bonchev–Trinajstić information content (AvgIpc) is 2.30. The summed E-state index contributed by atoms with van der Waals surface area (Å²) >= 11 is 0. The molecule has 1 aromatic rings. The van der Waals surface area contributed by atoms with Gasteiger partial charge in [-0.25, -0.2) is 4.39 Å². The second kappa shape index (κ2) is 6.35. The molecule has 1 rings (SSSR count). The lowest BCUT2D eigenvalue weighted by atomic mass is 10.1. The van der Waals surface area contributed by atoms with Crippen LogP contribution in [0, 0.1) is 12.7 Å². The van der Waals surface area contributed by atoms with Crippen LogP contribution in [0.4, 0.5) is 10.1 Å². The van der Waals surface area contributed by atoms with Gasteiger partial charge < -0.3 is 15.8 Å². The lowest BCUT2D eigenvalue weighted by Crippen LogP contribution is -2.34. The zero-order valence-corrected chi connectivity index (χ0v) is 10.9. The van der Waals surface area contributed by atoms with Gasteiger partial charge in [0.05, 0.1) is 5.56 Å². The van der Waals surface area contributed by atoms with E-state index in [1.165, 1.54) is 12.1 Å². The number of carbonyl (C=O) groups is 1. The summed E-state index contributed by atoms with van der Waals surface area (Å²) in [6.45, 7) is 3.96. The maximum Gasteiger partial charge on any atom is 0.254 e. The van der Waals surface area contributed by atoms with E-state index < -0.39 is 11.7 Å². The maximum absolute atomic E-state index is 13.8. The van der Waals surface area contributed by atoms with Crippen molar-refractivity contribution in [2.24, 2.45) is 0 Å². The van der Waals surface area contributed by atoms with E-state index in [9.17, 15) is 9.18 Å². The number of amides is 1. The quantitative estimate of drug-likeness (QED) is 0.788. The molecule has 18 heavy (non-hydrogen) atoms. The standard InChI is InChI=1S/C13H19FN2O2/c1-8-6-10(15)7-11(12(8)14)13(17)16-9(2)4-5-18-3/h6-7,9H,4-5,15H2,1-3H3,(H,16,17). The number of hydrogen-bond donors (Lipinski definition) is 2. The number of carbonyl (C=O) groups excluding carboxylic acids is 1. The van der Waals surface area contributed by atoms with Crippen LogP contribution in [0.1, 0.15) is 29.3 Å². The third-order valence-corrected chi connectivity index (χ3v) is 2.65. The summed E-state index contributed by atoms with van der Waals surface area (Å²) < 4.78 is 18.7. The number of anilines is 1. The molecule has 0 aliphatic carbocycles. The number of nitrogen functional groups attached to an aromatic ring is 1. The van der Waals surface area contributed by atoms with Crippen LogP contribution in [0.25, 0.3) is 0 Å². The molecule has 0 saturated heterocycles. The summed E-state index contributed by atoms with van der Waals surface area (Å²) in [5, 5.41) is 2.71. The van der Waals surface area contributed by atoms with Gasteiger partial charge in [-0.3, -0.25) is 4.79 Å². The van der Waals surface area contributed by atoms with Crippen LogP contribution < -0.4 is 11.1 Å². The van der Waals surface area contributed by atoms with Crippen LogP contribution in [-0.4, -0.2) is 25.7 Å². The van der Waals surface area contributed by atoms with Gasteiger partial charge in [0.15, 0.2) is 0 Å². The van der Waals surface area contributed by atoms with Crippen molar-refractivity contribution in [1.29, 1.82) is 0 Å². The molecule has 0 aliphatic rings. The van der Waals surface area contributed by atoms with E-state index in [2.05, 4.69) is 5.32 Å². The Balaban J connectivity index is 2.78. The SMILES string of the molecule is COCCC(C)NC(=O)c1cc(N)cc(C)c1F. The van der Waals surface area contributed by atoms with Crippen molar-refractivity contribution in [1.82, 2.24) is 5.32 Å². The maximum atomic E-state index is 13.8. The number of ether oxygens (including phenoxy) is 1. The number of nitrogens with two attached hydrogens (primary N) is 1. The number of benzene rings is 1. The predicted molar refractivity (Wildman–Crippen MR) is 69.0 cm³/mol. The van der Waals surface area contributed by atoms with Gasteiger partial charge in [-0.15, -0.1) is 0 Å². The van der Waals surface area contributed by atoms with E-state index in [0.717, 1.165) is 0 Å². The Morgan fingerprint density at radius 3 is 2.83 bits per heavy atom. The van der Waals surface area contributed by atoms with E-state index in [4.69, 9.17) is 10.5 Å². The number of halogens is 1. The third kappa shape index (κ3) is 3.70. The highest BCUT2D eigenvalue weighted by atomic mass is 19.1. The van der Waals surface area contributed by atoms with E-state index in [1.807, 2.05) is 6.92 Å². The Bertz CT molecular complexity index is 435. The van der Waals surface area contributed by atoms with E-state index >= 15 is 0 Å². The molecule has 1 aromatic carbocycles. The molecular weight excluding hydrogens is 235 g/mol. The minimum atomic E-state index is -0.527. The summed E-state index contributed by atoms with van der Waals surface area (Å²) in [6.07, 6.45) is 0.672. The minimum absolute atomic E-state index is 0.0169. The first-order valence-electron chi connectivity index (χ1n) is 5.81. The second-order valence-electron chi connectivity index (χ2n) is 4.36. The number of nitrogens with one attached hydrogen (secondary N) is 1. The van der Waals surface area contributed by atoms with E-state index in [0.29, 0.717) is 24.3 Å². The van der Waals surface area contributed by atoms with Gasteiger partial charge in [-0.1, -0.05) is 0 Å². The third-order valence-electron chi connectivity index (χ3n) is 2.65. The molecule has 0 saturated carbocycles. The van der Waals surface area contributed by atoms with Gasteiger partial charge in [0.2, 0.25) is 0 Å². The van der Waals surface area contributed by atoms with E-state index in [-0.39, 0.29) is 11.6 Å². The molecule has 100 valence electrons. The summed E-state index contributed by atoms with van der Waals surface area (Å²) in [5.41, 5.74) is 6.34. The van der Waals surface area contributed by atoms with Gasteiger partial charge in [-0.05, 0) is 38.0 Å². The molecule has 0 heterocycles. The van der Waals surface area contributed by atoms with Crippen molar-refractivity contribution in [3.05, 3.63) is 29.1 Å². The predicted octanol–water partition coefficient (Wildman–Crippen LogP) is 1.87. The van der Waals surface area contributed by atoms with Crippen molar-refractivity contribution in [2.45, 2.75) is 26.3 Å². The van der Waals surface area contributed by atoms with Crippen LogP contribution in [0.15, 0.2) is 12.1 Å². The highest BCUT2D eigenvalue weighted by molar-refractivity contribution is 5.95. The summed E-state index contributed by atoms with van der Waals surface area (Å²) in [5.74, 6) is -0.979. The first kappa shape index (κ1) is 14.4. The molecule has 0 spiro atoms. The number of hydrogen-bond acceptors (Lipinski definition) is 3. The van der Waals surface area contributed by atoms with E-state index in [1.54, 1.807) is 14.0 Å². The van der Waals surface area contributed by atoms with Crippen LogP contribution in [0.5, 0.6) is 0 Å². The first-order chi connectivity index (χ1) is 8.45. The Morgan fingerprint density at radius 1 is 1.56 bits per heavy atom. The van der Waals surface area contributed by atoms with Crippen molar-refractivity contribution in [3.8, 4) is 0 Å². The Kier molecular flexibility index (Phi) is 5.09. The zero-order chi connectivity index (χ0) is 13.7. The highest BCUT2D eigenvalue weighted by Crippen LogP contribution is 2.17. The van der Waals surface area contributed by atoms with Crippen molar-refractivity contribution < 1.29 is 13.9 Å². The summed E-state index contributed by atoms with van der Waals surface area (Å²) in [6, 6.07) is 2.76. The van der Waals surface area contributed by atoms with Crippen molar-refractivity contribution in [2.75, 3.05) is 19.5 Å². The van der Waals surface area contributed by atoms with Crippen LogP contribution in [0.3, 0.4) is 0 Å². The lowest BCUT2D eigenvalue weighted by Gasteiger charge is -2.14. The minimum Gasteiger partial charge on any atom is -0.399 e. The molecule has 0 aromatic heterocycles. The van der Waals surface area contributed by atoms with Crippen molar-refractivity contribution >= 4 is 11.6 Å². The second-order valence-corrected chi connectivity index (χ2v) is 4.36. The van der Waals surface area contributed by atoms with Crippen LogP contribution >= 0.6 is 0 Å². The fraction of sp³-hybridized carbons (Fsp3) is 0.462. The number of rotatable bonds is 5. The fourth-order valence-electron chi connectivity index (χ4n) is 1.63. The Labute approximate surface area is 106 Å².